The monoisotopic (exact) mass is 766 g/mol. The molecule has 8 N–H and O–H groups in total. The summed E-state index contributed by atoms with van der Waals surface area (Å²) in [5.41, 5.74) is 7.46. The first-order valence-corrected chi connectivity index (χ1v) is 19.0. The third-order valence-electron chi connectivity index (χ3n) is 9.14. The molecule has 0 aliphatic rings. The molecule has 14 nitrogen and oxygen atoms in total. The van der Waals surface area contributed by atoms with Crippen LogP contribution in [0.5, 0.6) is 0 Å². The number of nitrogens with two attached hydrogens (primary N) is 1. The lowest BCUT2D eigenvalue weighted by atomic mass is 9.94. The van der Waals surface area contributed by atoms with Crippen LogP contribution in [0.1, 0.15) is 86.3 Å². The second-order valence-electron chi connectivity index (χ2n) is 15.8. The van der Waals surface area contributed by atoms with Crippen molar-refractivity contribution in [2.75, 3.05) is 0 Å². The molecule has 304 valence electrons. The van der Waals surface area contributed by atoms with E-state index in [2.05, 4.69) is 26.6 Å². The first-order chi connectivity index (χ1) is 25.7. The van der Waals surface area contributed by atoms with Crippen molar-refractivity contribution in [2.24, 2.45) is 23.5 Å². The van der Waals surface area contributed by atoms with Crippen LogP contribution in [-0.2, 0) is 41.6 Å². The number of hydrogen-bond acceptors (Lipinski definition) is 8. The Morgan fingerprint density at radius 1 is 0.673 bits per heavy atom. The van der Waals surface area contributed by atoms with Crippen molar-refractivity contribution in [2.45, 2.75) is 130 Å². The van der Waals surface area contributed by atoms with Crippen molar-refractivity contribution < 1.29 is 38.6 Å². The second-order valence-corrected chi connectivity index (χ2v) is 15.8. The molecule has 0 heterocycles. The van der Waals surface area contributed by atoms with Gasteiger partial charge in [-0.25, -0.2) is 9.59 Å². The Morgan fingerprint density at radius 3 is 1.64 bits per heavy atom. The molecule has 55 heavy (non-hydrogen) atoms. The van der Waals surface area contributed by atoms with E-state index in [-0.39, 0.29) is 31.1 Å². The van der Waals surface area contributed by atoms with Crippen LogP contribution in [0.3, 0.4) is 0 Å². The highest BCUT2D eigenvalue weighted by molar-refractivity contribution is 5.92. The Hall–Kier alpha value is -4.98. The number of amides is 5. The molecule has 0 saturated heterocycles. The van der Waals surface area contributed by atoms with Gasteiger partial charge in [0.1, 0.15) is 29.8 Å². The van der Waals surface area contributed by atoms with Crippen molar-refractivity contribution in [1.29, 1.82) is 0 Å². The molecule has 0 bridgehead atoms. The third-order valence-corrected chi connectivity index (χ3v) is 9.14. The number of nitrogens with one attached hydrogen (secondary N) is 5. The maximum absolute atomic E-state index is 14.0. The van der Waals surface area contributed by atoms with E-state index in [1.54, 1.807) is 55.4 Å². The van der Waals surface area contributed by atoms with Gasteiger partial charge < -0.3 is 42.2 Å². The number of carbonyl (C=O) groups excluding carboxylic acids is 5. The molecule has 0 aliphatic heterocycles. The van der Waals surface area contributed by atoms with E-state index in [1.165, 1.54) is 0 Å². The molecule has 0 saturated carbocycles. The number of carboxylic acid groups (broad SMARTS) is 1. The van der Waals surface area contributed by atoms with E-state index >= 15 is 0 Å². The molecule has 0 spiro atoms. The molecule has 0 radical (unpaired) electrons. The zero-order chi connectivity index (χ0) is 41.5. The number of alkyl carbamates (subject to hydrolysis) is 1. The van der Waals surface area contributed by atoms with E-state index in [0.29, 0.717) is 6.42 Å². The summed E-state index contributed by atoms with van der Waals surface area (Å²) in [7, 11) is 0. The number of hydrogen-bond donors (Lipinski definition) is 7. The lowest BCUT2D eigenvalue weighted by Gasteiger charge is -2.31. The zero-order valence-corrected chi connectivity index (χ0v) is 33.7. The van der Waals surface area contributed by atoms with Crippen LogP contribution in [0.15, 0.2) is 60.7 Å². The lowest BCUT2D eigenvalue weighted by Crippen LogP contribution is -2.60. The first-order valence-electron chi connectivity index (χ1n) is 19.0. The molecule has 0 fully saturated rings. The van der Waals surface area contributed by atoms with Crippen molar-refractivity contribution >= 4 is 35.7 Å². The Labute approximate surface area is 325 Å². The summed E-state index contributed by atoms with van der Waals surface area (Å²) in [4.78, 5) is 79.1. The van der Waals surface area contributed by atoms with Crippen molar-refractivity contribution in [3.05, 3.63) is 71.8 Å². The standard InChI is InChI=1S/C41H62N6O8/c1-10-26(6)35(38(51)47-34(25(4)5)39(52)53)45-32(48)23-29(42)30(21-27-17-13-11-14-18-27)43-37(50)33(24(2)3)46-36(49)31(22-28-19-15-12-16-20-28)44-40(54)55-41(7,8)9/h11-20,24-26,29-31,33-35H,10,21-23,42H2,1-9H3,(H,43,50)(H,44,54)(H,45,48)(H,46,49)(H,47,51)(H,52,53)/t26-,29-,30-,31-,33-,34-,35-/m0/s1. The largest absolute Gasteiger partial charge is 0.480 e. The fraction of sp³-hybridized carbons (Fsp3) is 0.561. The Morgan fingerprint density at radius 2 is 1.16 bits per heavy atom. The van der Waals surface area contributed by atoms with Gasteiger partial charge in [-0.3, -0.25) is 19.2 Å². The Bertz CT molecular complexity index is 1560. The van der Waals surface area contributed by atoms with Crippen molar-refractivity contribution in [3.8, 4) is 0 Å². The number of rotatable bonds is 20. The van der Waals surface area contributed by atoms with E-state index < -0.39 is 83.5 Å². The predicted molar refractivity (Wildman–Crippen MR) is 211 cm³/mol. The van der Waals surface area contributed by atoms with E-state index in [1.807, 2.05) is 67.6 Å². The lowest BCUT2D eigenvalue weighted by molar-refractivity contribution is -0.143. The topological polar surface area (TPSA) is 218 Å². The van der Waals surface area contributed by atoms with Crippen LogP contribution in [0, 0.1) is 17.8 Å². The van der Waals surface area contributed by atoms with Gasteiger partial charge in [0.25, 0.3) is 0 Å². The van der Waals surface area contributed by atoms with E-state index in [4.69, 9.17) is 10.5 Å². The molecule has 2 aromatic carbocycles. The van der Waals surface area contributed by atoms with Gasteiger partial charge in [0.2, 0.25) is 23.6 Å². The molecule has 0 unspecified atom stereocenters. The molecule has 2 aromatic rings. The number of carboxylic acids is 1. The minimum atomic E-state index is -1.18. The molecule has 14 heteroatoms. The van der Waals surface area contributed by atoms with Crippen LogP contribution >= 0.6 is 0 Å². The molecule has 2 rings (SSSR count). The van der Waals surface area contributed by atoms with Gasteiger partial charge in [0.15, 0.2) is 0 Å². The van der Waals surface area contributed by atoms with Gasteiger partial charge in [-0.05, 0) is 56.1 Å². The van der Waals surface area contributed by atoms with E-state index in [0.717, 1.165) is 11.1 Å². The molecular weight excluding hydrogens is 704 g/mol. The number of benzene rings is 2. The highest BCUT2D eigenvalue weighted by Crippen LogP contribution is 2.14. The van der Waals surface area contributed by atoms with Gasteiger partial charge >= 0.3 is 12.1 Å². The highest BCUT2D eigenvalue weighted by Gasteiger charge is 2.35. The van der Waals surface area contributed by atoms with Crippen LogP contribution in [0.2, 0.25) is 0 Å². The van der Waals surface area contributed by atoms with Crippen LogP contribution < -0.4 is 32.3 Å². The van der Waals surface area contributed by atoms with Crippen molar-refractivity contribution in [1.82, 2.24) is 26.6 Å². The fourth-order valence-corrected chi connectivity index (χ4v) is 5.79. The Balaban J connectivity index is 2.31. The predicted octanol–water partition coefficient (Wildman–Crippen LogP) is 3.46. The molecular formula is C41H62N6O8. The van der Waals surface area contributed by atoms with E-state index in [9.17, 15) is 33.9 Å². The summed E-state index contributed by atoms with van der Waals surface area (Å²) in [6.07, 6.45) is -0.142. The average molecular weight is 767 g/mol. The van der Waals surface area contributed by atoms with Crippen molar-refractivity contribution in [3.63, 3.8) is 0 Å². The average Bonchev–Trinajstić information content (AvgIpc) is 3.10. The highest BCUT2D eigenvalue weighted by atomic mass is 16.6. The van der Waals surface area contributed by atoms with Gasteiger partial charge in [0.05, 0.1) is 0 Å². The first kappa shape index (κ1) is 46.2. The smallest absolute Gasteiger partial charge is 0.408 e. The normalized spacial score (nSPS) is 15.3. The van der Waals surface area contributed by atoms with Gasteiger partial charge in [-0.2, -0.15) is 0 Å². The fourth-order valence-electron chi connectivity index (χ4n) is 5.79. The van der Waals surface area contributed by atoms with Crippen LogP contribution in [0.25, 0.3) is 0 Å². The summed E-state index contributed by atoms with van der Waals surface area (Å²) in [5, 5.41) is 23.3. The van der Waals surface area contributed by atoms with Gasteiger partial charge in [-0.1, -0.05) is 109 Å². The minimum Gasteiger partial charge on any atom is -0.480 e. The third kappa shape index (κ3) is 16.1. The molecule has 7 atom stereocenters. The summed E-state index contributed by atoms with van der Waals surface area (Å²) >= 11 is 0. The number of aliphatic carboxylic acids is 1. The molecule has 0 aromatic heterocycles. The minimum absolute atomic E-state index is 0.138. The second kappa shape index (κ2) is 21.8. The summed E-state index contributed by atoms with van der Waals surface area (Å²) < 4.78 is 5.41. The molecule has 0 aliphatic carbocycles. The maximum atomic E-state index is 14.0. The quantitative estimate of drug-likeness (QED) is 0.105. The van der Waals surface area contributed by atoms with Gasteiger partial charge in [-0.15, -0.1) is 0 Å². The summed E-state index contributed by atoms with van der Waals surface area (Å²) in [5.74, 6) is -4.59. The zero-order valence-electron chi connectivity index (χ0n) is 33.7. The summed E-state index contributed by atoms with van der Waals surface area (Å²) in [6, 6.07) is 12.4. The SMILES string of the molecule is CC[C@H](C)[C@H](NC(=O)C[C@H](N)[C@H](Cc1ccccc1)NC(=O)[C@@H](NC(=O)[C@H](Cc1ccccc1)NC(=O)OC(C)(C)C)C(C)C)C(=O)N[C@H](C(=O)O)C(C)C. The summed E-state index contributed by atoms with van der Waals surface area (Å²) in [6.45, 7) is 15.7. The van der Waals surface area contributed by atoms with Crippen LogP contribution in [-0.4, -0.2) is 82.6 Å². The van der Waals surface area contributed by atoms with Gasteiger partial charge in [0, 0.05) is 24.9 Å². The molecule has 5 amide bonds. The number of ether oxygens (including phenoxy) is 1. The van der Waals surface area contributed by atoms with Crippen LogP contribution in [0.4, 0.5) is 4.79 Å². The number of carbonyl (C=O) groups is 6. The maximum Gasteiger partial charge on any atom is 0.408 e. The Kier molecular flexibility index (Phi) is 18.3.